The first-order valence-corrected chi connectivity index (χ1v) is 2.76. The van der Waals surface area contributed by atoms with Gasteiger partial charge in [0.15, 0.2) is 0 Å². The van der Waals surface area contributed by atoms with E-state index < -0.39 is 0 Å². The predicted octanol–water partition coefficient (Wildman–Crippen LogP) is -0.0521. The Balaban J connectivity index is 3.15. The zero-order chi connectivity index (χ0) is 7.56. The average Bonchev–Trinajstić information content (AvgIpc) is 1.88. The van der Waals surface area contributed by atoms with E-state index in [9.17, 15) is 0 Å². The first kappa shape index (κ1) is 6.54. The summed E-state index contributed by atoms with van der Waals surface area (Å²) in [5.41, 5.74) is 11.1. The highest BCUT2D eigenvalue weighted by Gasteiger charge is 1.99. The second-order valence-electron chi connectivity index (χ2n) is 1.85. The van der Waals surface area contributed by atoms with Crippen molar-refractivity contribution < 1.29 is 0 Å². The molecule has 0 atom stereocenters. The topological polar surface area (TPSA) is 88.8 Å². The molecule has 0 aliphatic heterocycles. The Kier molecular flexibility index (Phi) is 1.53. The summed E-state index contributed by atoms with van der Waals surface area (Å²) >= 11 is 0. The van der Waals surface area contributed by atoms with Crippen molar-refractivity contribution in [3.63, 3.8) is 0 Å². The lowest BCUT2D eigenvalue weighted by Gasteiger charge is -1.98. The molecule has 1 aromatic heterocycles. The number of hydrogen-bond acceptors (Lipinski definition) is 3. The minimum atomic E-state index is -0.0504. The maximum Gasteiger partial charge on any atom is 0.134 e. The molecule has 1 rings (SSSR count). The third-order valence-electron chi connectivity index (χ3n) is 1.13. The van der Waals surface area contributed by atoms with Gasteiger partial charge in [-0.3, -0.25) is 5.41 Å². The van der Waals surface area contributed by atoms with Gasteiger partial charge in [-0.05, 0) is 12.1 Å². The van der Waals surface area contributed by atoms with Crippen LogP contribution in [0, 0.1) is 5.41 Å². The molecule has 4 heteroatoms. The van der Waals surface area contributed by atoms with Crippen molar-refractivity contribution in [2.75, 3.05) is 5.73 Å². The number of rotatable bonds is 1. The molecule has 1 aromatic rings. The molecule has 0 spiro atoms. The van der Waals surface area contributed by atoms with E-state index in [1.165, 1.54) is 0 Å². The first-order chi connectivity index (χ1) is 4.72. The molecule has 1 heterocycles. The second-order valence-corrected chi connectivity index (χ2v) is 1.85. The Morgan fingerprint density at radius 3 is 2.70 bits per heavy atom. The number of anilines is 1. The molecule has 0 aliphatic carbocycles. The van der Waals surface area contributed by atoms with Crippen LogP contribution in [0.5, 0.6) is 0 Å². The van der Waals surface area contributed by atoms with E-state index >= 15 is 0 Å². The Morgan fingerprint density at radius 1 is 1.60 bits per heavy atom. The zero-order valence-electron chi connectivity index (χ0n) is 5.33. The number of pyridine rings is 1. The summed E-state index contributed by atoms with van der Waals surface area (Å²) in [5, 5.41) is 7.03. The van der Waals surface area contributed by atoms with Gasteiger partial charge in [-0.1, -0.05) is 0 Å². The zero-order valence-corrected chi connectivity index (χ0v) is 5.33. The molecule has 10 heavy (non-hydrogen) atoms. The molecule has 0 amide bonds. The van der Waals surface area contributed by atoms with Crippen molar-refractivity contribution >= 4 is 11.7 Å². The normalized spacial score (nSPS) is 9.20. The van der Waals surface area contributed by atoms with Gasteiger partial charge in [0.2, 0.25) is 0 Å². The van der Waals surface area contributed by atoms with Gasteiger partial charge in [-0.2, -0.15) is 0 Å². The smallest absolute Gasteiger partial charge is 0.134 e. The number of nitrogen functional groups attached to an aromatic ring is 2. The minimum Gasteiger partial charge on any atom is -0.384 e. The highest BCUT2D eigenvalue weighted by Crippen LogP contribution is 2.03. The molecule has 0 aromatic carbocycles. The summed E-state index contributed by atoms with van der Waals surface area (Å²) in [6, 6.07) is 3.34. The Hall–Kier alpha value is -1.58. The lowest BCUT2D eigenvalue weighted by atomic mass is 10.2. The van der Waals surface area contributed by atoms with Crippen LogP contribution in [0.4, 0.5) is 5.82 Å². The van der Waals surface area contributed by atoms with Crippen LogP contribution < -0.4 is 11.5 Å². The maximum atomic E-state index is 7.03. The summed E-state index contributed by atoms with van der Waals surface area (Å²) in [7, 11) is 0. The van der Waals surface area contributed by atoms with Crippen molar-refractivity contribution in [1.82, 2.24) is 4.98 Å². The lowest BCUT2D eigenvalue weighted by Crippen LogP contribution is -2.13. The van der Waals surface area contributed by atoms with E-state index in [-0.39, 0.29) is 5.84 Å². The molecule has 52 valence electrons. The summed E-state index contributed by atoms with van der Waals surface area (Å²) < 4.78 is 0. The summed E-state index contributed by atoms with van der Waals surface area (Å²) in [6.45, 7) is 0. The molecule has 5 N–H and O–H groups in total. The van der Waals surface area contributed by atoms with Gasteiger partial charge in [-0.25, -0.2) is 4.98 Å². The summed E-state index contributed by atoms with van der Waals surface area (Å²) in [4.78, 5) is 3.76. The average molecular weight is 136 g/mol. The summed E-state index contributed by atoms with van der Waals surface area (Å²) in [6.07, 6.45) is 1.56. The van der Waals surface area contributed by atoms with E-state index in [0.29, 0.717) is 11.4 Å². The van der Waals surface area contributed by atoms with Crippen molar-refractivity contribution in [2.45, 2.75) is 0 Å². The van der Waals surface area contributed by atoms with Crippen LogP contribution in [0.1, 0.15) is 5.56 Å². The highest BCUT2D eigenvalue weighted by molar-refractivity contribution is 5.98. The van der Waals surface area contributed by atoms with Gasteiger partial charge < -0.3 is 11.5 Å². The molecule has 0 fully saturated rings. The third-order valence-corrected chi connectivity index (χ3v) is 1.13. The van der Waals surface area contributed by atoms with Gasteiger partial charge in [0, 0.05) is 6.20 Å². The Morgan fingerprint density at radius 2 is 2.30 bits per heavy atom. The lowest BCUT2D eigenvalue weighted by molar-refractivity contribution is 1.30. The van der Waals surface area contributed by atoms with Crippen LogP contribution in [-0.2, 0) is 0 Å². The molecule has 0 radical (unpaired) electrons. The molecular formula is C6H8N4. The van der Waals surface area contributed by atoms with Gasteiger partial charge in [0.05, 0.1) is 5.56 Å². The van der Waals surface area contributed by atoms with Gasteiger partial charge in [0.1, 0.15) is 11.7 Å². The predicted molar refractivity (Wildman–Crippen MR) is 39.7 cm³/mol. The molecule has 0 unspecified atom stereocenters. The second kappa shape index (κ2) is 2.34. The van der Waals surface area contributed by atoms with E-state index in [2.05, 4.69) is 4.98 Å². The number of nitrogens with one attached hydrogen (secondary N) is 1. The van der Waals surface area contributed by atoms with Crippen LogP contribution in [-0.4, -0.2) is 10.8 Å². The van der Waals surface area contributed by atoms with E-state index in [4.69, 9.17) is 16.9 Å². The summed E-state index contributed by atoms with van der Waals surface area (Å²) in [5.74, 6) is 0.251. The SMILES string of the molecule is N=C(N)c1cccnc1N. The number of nitrogens with zero attached hydrogens (tertiary/aromatic N) is 1. The maximum absolute atomic E-state index is 7.03. The standard InChI is InChI=1S/C6H8N4/c7-5(8)4-2-1-3-10-6(4)9/h1-3H,(H3,7,8)(H2,9,10). The van der Waals surface area contributed by atoms with E-state index in [0.717, 1.165) is 0 Å². The first-order valence-electron chi connectivity index (χ1n) is 2.76. The van der Waals surface area contributed by atoms with Gasteiger partial charge in [-0.15, -0.1) is 0 Å². The molecular weight excluding hydrogens is 128 g/mol. The molecule has 0 saturated carbocycles. The molecule has 0 bridgehead atoms. The van der Waals surface area contributed by atoms with Crippen LogP contribution in [0.2, 0.25) is 0 Å². The molecule has 0 aliphatic rings. The number of aromatic nitrogens is 1. The monoisotopic (exact) mass is 136 g/mol. The van der Waals surface area contributed by atoms with E-state index in [1.807, 2.05) is 0 Å². The molecule has 4 nitrogen and oxygen atoms in total. The fraction of sp³-hybridized carbons (Fsp3) is 0. The largest absolute Gasteiger partial charge is 0.384 e. The quantitative estimate of drug-likeness (QED) is 0.373. The Bertz CT molecular complexity index is 256. The van der Waals surface area contributed by atoms with Crippen molar-refractivity contribution in [2.24, 2.45) is 5.73 Å². The molecule has 0 saturated heterocycles. The van der Waals surface area contributed by atoms with Crippen LogP contribution >= 0.6 is 0 Å². The number of amidine groups is 1. The van der Waals surface area contributed by atoms with Gasteiger partial charge in [0.25, 0.3) is 0 Å². The minimum absolute atomic E-state index is 0.0504. The van der Waals surface area contributed by atoms with E-state index in [1.54, 1.807) is 18.3 Å². The number of nitrogens with two attached hydrogens (primary N) is 2. The highest BCUT2D eigenvalue weighted by atomic mass is 14.8. The van der Waals surface area contributed by atoms with Crippen molar-refractivity contribution in [3.05, 3.63) is 23.9 Å². The third kappa shape index (κ3) is 1.05. The fourth-order valence-electron chi connectivity index (χ4n) is 0.645. The van der Waals surface area contributed by atoms with Crippen LogP contribution in [0.25, 0.3) is 0 Å². The number of hydrogen-bond donors (Lipinski definition) is 3. The van der Waals surface area contributed by atoms with Crippen molar-refractivity contribution in [1.29, 1.82) is 5.41 Å². The van der Waals surface area contributed by atoms with Crippen LogP contribution in [0.15, 0.2) is 18.3 Å². The fourth-order valence-corrected chi connectivity index (χ4v) is 0.645. The Labute approximate surface area is 58.4 Å². The van der Waals surface area contributed by atoms with Crippen molar-refractivity contribution in [3.8, 4) is 0 Å². The van der Waals surface area contributed by atoms with Gasteiger partial charge >= 0.3 is 0 Å². The van der Waals surface area contributed by atoms with Crippen LogP contribution in [0.3, 0.4) is 0 Å².